The van der Waals surface area contributed by atoms with Crippen molar-refractivity contribution in [3.8, 4) is 0 Å². The van der Waals surface area contributed by atoms with Crippen molar-refractivity contribution >= 4 is 12.4 Å². The Hall–Kier alpha value is -0.660. The molecule has 0 N–H and O–H groups in total. The topological polar surface area (TPSA) is 24.7 Å². The van der Waals surface area contributed by atoms with Crippen molar-refractivity contribution in [2.75, 3.05) is 0 Å². The second-order valence-corrected chi connectivity index (χ2v) is 4.07. The molecule has 2 nitrogen and oxygen atoms in total. The van der Waals surface area contributed by atoms with E-state index >= 15 is 0 Å². The molecular weight excluding hydrogens is 148 g/mol. The van der Waals surface area contributed by atoms with E-state index in [-0.39, 0.29) is 0 Å². The van der Waals surface area contributed by atoms with Gasteiger partial charge in [0.25, 0.3) is 0 Å². The predicted molar refractivity (Wildman–Crippen MR) is 54.2 cm³/mol. The van der Waals surface area contributed by atoms with Gasteiger partial charge in [0.2, 0.25) is 0 Å². The summed E-state index contributed by atoms with van der Waals surface area (Å²) in [6, 6.07) is 0.611. The Morgan fingerprint density at radius 1 is 0.833 bits per heavy atom. The van der Waals surface area contributed by atoms with Crippen LogP contribution in [0.3, 0.4) is 0 Å². The van der Waals surface area contributed by atoms with Gasteiger partial charge in [0, 0.05) is 12.4 Å². The van der Waals surface area contributed by atoms with Crippen LogP contribution in [-0.4, -0.2) is 24.5 Å². The minimum atomic E-state index is 0.306. The lowest BCUT2D eigenvalue weighted by Gasteiger charge is -2.20. The Morgan fingerprint density at radius 2 is 1.17 bits per heavy atom. The van der Waals surface area contributed by atoms with Crippen LogP contribution in [0.4, 0.5) is 0 Å². The lowest BCUT2D eigenvalue weighted by Crippen LogP contribution is -2.25. The van der Waals surface area contributed by atoms with Crippen LogP contribution in [0.25, 0.3) is 0 Å². The van der Waals surface area contributed by atoms with Crippen molar-refractivity contribution in [3.05, 3.63) is 0 Å². The molecule has 0 spiro atoms. The lowest BCUT2D eigenvalue weighted by molar-refractivity contribution is 0.560. The predicted octanol–water partition coefficient (Wildman–Crippen LogP) is 2.19. The van der Waals surface area contributed by atoms with E-state index in [1.54, 1.807) is 0 Å². The van der Waals surface area contributed by atoms with Crippen molar-refractivity contribution in [1.29, 1.82) is 0 Å². The Balaban J connectivity index is 2.54. The van der Waals surface area contributed by atoms with Gasteiger partial charge in [0.15, 0.2) is 0 Å². The molecule has 0 aromatic heterocycles. The summed E-state index contributed by atoms with van der Waals surface area (Å²) in [6.45, 7) is 8.68. The fourth-order valence-electron chi connectivity index (χ4n) is 1.14. The molecule has 0 bridgehead atoms. The molecule has 2 heteroatoms. The second-order valence-electron chi connectivity index (χ2n) is 4.07. The first-order chi connectivity index (χ1) is 5.61. The summed E-state index contributed by atoms with van der Waals surface area (Å²) < 4.78 is 0. The highest BCUT2D eigenvalue weighted by Crippen LogP contribution is 2.12. The molecule has 0 saturated carbocycles. The summed E-state index contributed by atoms with van der Waals surface area (Å²) in [5.74, 6) is 1.14. The maximum atomic E-state index is 4.46. The molecule has 68 valence electrons. The highest BCUT2D eigenvalue weighted by atomic mass is 14.9. The Morgan fingerprint density at radius 3 is 1.33 bits per heavy atom. The zero-order chi connectivity index (χ0) is 9.14. The van der Waals surface area contributed by atoms with E-state index in [9.17, 15) is 0 Å². The molecule has 0 amide bonds. The van der Waals surface area contributed by atoms with Crippen LogP contribution in [0.2, 0.25) is 0 Å². The summed E-state index contributed by atoms with van der Waals surface area (Å²) in [4.78, 5) is 8.91. The zero-order valence-corrected chi connectivity index (χ0v) is 8.36. The smallest absolute Gasteiger partial charge is 0.0866 e. The van der Waals surface area contributed by atoms with Crippen molar-refractivity contribution in [1.82, 2.24) is 0 Å². The second kappa shape index (κ2) is 3.83. The molecule has 0 aliphatic carbocycles. The van der Waals surface area contributed by atoms with Gasteiger partial charge >= 0.3 is 0 Å². The number of nitrogens with zero attached hydrogens (tertiary/aromatic N) is 2. The molecule has 0 aromatic rings. The third kappa shape index (κ3) is 2.16. The van der Waals surface area contributed by atoms with Crippen LogP contribution in [0, 0.1) is 11.8 Å². The van der Waals surface area contributed by atoms with Crippen molar-refractivity contribution in [2.24, 2.45) is 21.8 Å². The third-order valence-electron chi connectivity index (χ3n) is 2.19. The Bertz CT molecular complexity index is 158. The Labute approximate surface area is 74.8 Å². The van der Waals surface area contributed by atoms with Gasteiger partial charge in [-0.25, -0.2) is 0 Å². The molecule has 1 rings (SSSR count). The van der Waals surface area contributed by atoms with Crippen LogP contribution >= 0.6 is 0 Å². The van der Waals surface area contributed by atoms with Gasteiger partial charge in [-0.15, -0.1) is 0 Å². The normalized spacial score (nSPS) is 28.8. The Kier molecular flexibility index (Phi) is 3.01. The molecule has 1 aliphatic heterocycles. The van der Waals surface area contributed by atoms with E-state index in [0.717, 1.165) is 0 Å². The third-order valence-corrected chi connectivity index (χ3v) is 2.19. The van der Waals surface area contributed by atoms with Gasteiger partial charge in [0.05, 0.1) is 12.1 Å². The maximum Gasteiger partial charge on any atom is 0.0866 e. The average Bonchev–Trinajstić information content (AvgIpc) is 2.04. The largest absolute Gasteiger partial charge is 0.286 e. The molecule has 0 fully saturated rings. The number of hydrogen-bond donors (Lipinski definition) is 0. The molecule has 2 unspecified atom stereocenters. The number of aliphatic imine (C=N–C) groups is 2. The van der Waals surface area contributed by atoms with Crippen LogP contribution < -0.4 is 0 Å². The summed E-state index contributed by atoms with van der Waals surface area (Å²) in [5, 5.41) is 0. The van der Waals surface area contributed by atoms with E-state index in [1.807, 2.05) is 12.4 Å². The minimum Gasteiger partial charge on any atom is -0.286 e. The fourth-order valence-corrected chi connectivity index (χ4v) is 1.14. The van der Waals surface area contributed by atoms with E-state index < -0.39 is 0 Å². The SMILES string of the molecule is CC(C)C1C=NC(C(C)C)C=N1. The maximum absolute atomic E-state index is 4.46. The molecule has 1 aliphatic rings. The van der Waals surface area contributed by atoms with Crippen molar-refractivity contribution in [2.45, 2.75) is 39.8 Å². The molecular formula is C10H18N2. The van der Waals surface area contributed by atoms with Gasteiger partial charge in [0.1, 0.15) is 0 Å². The first kappa shape index (κ1) is 9.43. The van der Waals surface area contributed by atoms with Gasteiger partial charge < -0.3 is 0 Å². The summed E-state index contributed by atoms with van der Waals surface area (Å²) in [5.41, 5.74) is 0. The first-order valence-corrected chi connectivity index (χ1v) is 4.68. The average molecular weight is 166 g/mol. The highest BCUT2D eigenvalue weighted by molar-refractivity contribution is 5.78. The van der Waals surface area contributed by atoms with Crippen LogP contribution in [0.1, 0.15) is 27.7 Å². The zero-order valence-electron chi connectivity index (χ0n) is 8.36. The van der Waals surface area contributed by atoms with Crippen LogP contribution in [0.5, 0.6) is 0 Å². The van der Waals surface area contributed by atoms with E-state index in [2.05, 4.69) is 37.7 Å². The quantitative estimate of drug-likeness (QED) is 0.601. The minimum absolute atomic E-state index is 0.306. The standard InChI is InChI=1S/C10H18N2/c1-7(2)9-5-12-10(6-11-9)8(3)4/h5-10H,1-4H3. The summed E-state index contributed by atoms with van der Waals surface area (Å²) >= 11 is 0. The molecule has 0 aromatic carbocycles. The lowest BCUT2D eigenvalue weighted by atomic mass is 10.0. The number of hydrogen-bond acceptors (Lipinski definition) is 2. The van der Waals surface area contributed by atoms with Crippen LogP contribution in [0.15, 0.2) is 9.98 Å². The molecule has 12 heavy (non-hydrogen) atoms. The van der Waals surface area contributed by atoms with Crippen LogP contribution in [-0.2, 0) is 0 Å². The fraction of sp³-hybridized carbons (Fsp3) is 0.800. The monoisotopic (exact) mass is 166 g/mol. The number of rotatable bonds is 2. The summed E-state index contributed by atoms with van der Waals surface area (Å²) in [7, 11) is 0. The molecule has 2 atom stereocenters. The molecule has 1 heterocycles. The first-order valence-electron chi connectivity index (χ1n) is 4.68. The molecule has 0 radical (unpaired) electrons. The van der Waals surface area contributed by atoms with Gasteiger partial charge in [-0.2, -0.15) is 0 Å². The van der Waals surface area contributed by atoms with E-state index in [0.29, 0.717) is 23.9 Å². The van der Waals surface area contributed by atoms with Gasteiger partial charge in [-0.1, -0.05) is 27.7 Å². The highest BCUT2D eigenvalue weighted by Gasteiger charge is 2.16. The van der Waals surface area contributed by atoms with E-state index in [1.165, 1.54) is 0 Å². The van der Waals surface area contributed by atoms with E-state index in [4.69, 9.17) is 0 Å². The van der Waals surface area contributed by atoms with Gasteiger partial charge in [-0.3, -0.25) is 9.98 Å². The van der Waals surface area contributed by atoms with Crippen molar-refractivity contribution in [3.63, 3.8) is 0 Å². The van der Waals surface area contributed by atoms with Crippen molar-refractivity contribution < 1.29 is 0 Å². The summed E-state index contributed by atoms with van der Waals surface area (Å²) in [6.07, 6.45) is 3.99. The molecule has 0 saturated heterocycles. The van der Waals surface area contributed by atoms with Gasteiger partial charge in [-0.05, 0) is 11.8 Å².